The number of fused-ring (bicyclic) bond motifs is 1. The molecule has 0 fully saturated rings. The zero-order valence-corrected chi connectivity index (χ0v) is 14.0. The second-order valence-corrected chi connectivity index (χ2v) is 6.25. The Kier molecular flexibility index (Phi) is 5.55. The molecule has 5 nitrogen and oxygen atoms in total. The molecule has 22 heavy (non-hydrogen) atoms. The number of imidazole rings is 1. The summed E-state index contributed by atoms with van der Waals surface area (Å²) in [7, 11) is 4.07. The molecule has 1 amide bonds. The summed E-state index contributed by atoms with van der Waals surface area (Å²) >= 11 is 0. The van der Waals surface area contributed by atoms with E-state index in [1.807, 2.05) is 32.6 Å². The number of carbonyl (C=O) groups excluding carboxylic acids is 1. The normalized spacial score (nSPS) is 11.5. The lowest BCUT2D eigenvalue weighted by molar-refractivity contribution is -0.120. The molecule has 0 radical (unpaired) electrons. The topological polar surface area (TPSA) is 50.2 Å². The quantitative estimate of drug-likeness (QED) is 0.798. The molecule has 120 valence electrons. The van der Waals surface area contributed by atoms with Gasteiger partial charge in [-0.15, -0.1) is 0 Å². The van der Waals surface area contributed by atoms with Crippen molar-refractivity contribution in [3.8, 4) is 0 Å². The van der Waals surface area contributed by atoms with Gasteiger partial charge in [0.15, 0.2) is 0 Å². The minimum absolute atomic E-state index is 0.0707. The van der Waals surface area contributed by atoms with E-state index in [-0.39, 0.29) is 5.91 Å². The van der Waals surface area contributed by atoms with Crippen LogP contribution in [0.4, 0.5) is 0 Å². The molecule has 0 aliphatic rings. The van der Waals surface area contributed by atoms with E-state index in [9.17, 15) is 4.79 Å². The predicted octanol–water partition coefficient (Wildman–Crippen LogP) is 2.23. The number of benzene rings is 1. The second-order valence-electron chi connectivity index (χ2n) is 6.25. The van der Waals surface area contributed by atoms with E-state index in [4.69, 9.17) is 0 Å². The number of carbonyl (C=O) groups is 1. The zero-order chi connectivity index (χ0) is 16.1. The Morgan fingerprint density at radius 1 is 1.36 bits per heavy atom. The first-order valence-corrected chi connectivity index (χ1v) is 7.84. The number of amides is 1. The van der Waals surface area contributed by atoms with Crippen LogP contribution in [0.5, 0.6) is 0 Å². The van der Waals surface area contributed by atoms with Crippen molar-refractivity contribution >= 4 is 16.9 Å². The highest BCUT2D eigenvalue weighted by Gasteiger charge is 2.08. The van der Waals surface area contributed by atoms with Gasteiger partial charge in [-0.3, -0.25) is 4.79 Å². The highest BCUT2D eigenvalue weighted by atomic mass is 16.1. The van der Waals surface area contributed by atoms with Crippen LogP contribution in [0, 0.1) is 0 Å². The van der Waals surface area contributed by atoms with Crippen LogP contribution in [0.2, 0.25) is 0 Å². The first-order chi connectivity index (χ1) is 10.5. The van der Waals surface area contributed by atoms with Crippen LogP contribution in [0.25, 0.3) is 11.0 Å². The third-order valence-electron chi connectivity index (χ3n) is 3.66. The molecule has 0 saturated heterocycles. The third kappa shape index (κ3) is 4.31. The molecule has 1 N–H and O–H groups in total. The Hall–Kier alpha value is -1.88. The molecule has 1 aromatic carbocycles. The average Bonchev–Trinajstić information content (AvgIpc) is 2.86. The molecule has 0 atom stereocenters. The molecule has 0 aliphatic carbocycles. The average molecular weight is 302 g/mol. The van der Waals surface area contributed by atoms with Gasteiger partial charge in [0.2, 0.25) is 5.91 Å². The number of hydrogen-bond donors (Lipinski definition) is 1. The highest BCUT2D eigenvalue weighted by Crippen LogP contribution is 2.19. The maximum Gasteiger partial charge on any atom is 0.224 e. The van der Waals surface area contributed by atoms with E-state index in [0.29, 0.717) is 12.5 Å². The Balaban J connectivity index is 1.93. The van der Waals surface area contributed by atoms with E-state index in [2.05, 4.69) is 39.7 Å². The van der Waals surface area contributed by atoms with Gasteiger partial charge in [-0.2, -0.15) is 0 Å². The summed E-state index contributed by atoms with van der Waals surface area (Å²) in [5.74, 6) is 0.0707. The van der Waals surface area contributed by atoms with Crippen molar-refractivity contribution in [3.63, 3.8) is 0 Å². The summed E-state index contributed by atoms with van der Waals surface area (Å²) in [5.41, 5.74) is 3.07. The molecule has 0 unspecified atom stereocenters. The number of nitrogens with zero attached hydrogens (tertiary/aromatic N) is 3. The number of hydrogen-bond acceptors (Lipinski definition) is 3. The van der Waals surface area contributed by atoms with Crippen LogP contribution in [0.1, 0.15) is 31.9 Å². The van der Waals surface area contributed by atoms with Gasteiger partial charge in [0.1, 0.15) is 0 Å². The Bertz CT molecular complexity index is 631. The van der Waals surface area contributed by atoms with Crippen LogP contribution < -0.4 is 5.32 Å². The van der Waals surface area contributed by atoms with Crippen molar-refractivity contribution in [2.45, 2.75) is 32.7 Å². The first kappa shape index (κ1) is 16.5. The largest absolute Gasteiger partial charge is 0.356 e. The van der Waals surface area contributed by atoms with Crippen LogP contribution >= 0.6 is 0 Å². The predicted molar refractivity (Wildman–Crippen MR) is 90.0 cm³/mol. The summed E-state index contributed by atoms with van der Waals surface area (Å²) in [5, 5.41) is 2.97. The van der Waals surface area contributed by atoms with Gasteiger partial charge in [0, 0.05) is 12.6 Å². The van der Waals surface area contributed by atoms with Crippen LogP contribution in [-0.4, -0.2) is 47.5 Å². The van der Waals surface area contributed by atoms with Crippen LogP contribution in [0.15, 0.2) is 24.5 Å². The number of nitrogens with one attached hydrogen (secondary N) is 1. The lowest BCUT2D eigenvalue weighted by Gasteiger charge is -2.10. The molecular weight excluding hydrogens is 276 g/mol. The maximum absolute atomic E-state index is 12.0. The van der Waals surface area contributed by atoms with Crippen molar-refractivity contribution in [2.24, 2.45) is 0 Å². The molecule has 1 aromatic heterocycles. The summed E-state index contributed by atoms with van der Waals surface area (Å²) < 4.78 is 2.14. The molecule has 0 aliphatic heterocycles. The van der Waals surface area contributed by atoms with Crippen LogP contribution in [0.3, 0.4) is 0 Å². The minimum atomic E-state index is 0.0707. The Morgan fingerprint density at radius 2 is 2.14 bits per heavy atom. The van der Waals surface area contributed by atoms with E-state index in [0.717, 1.165) is 36.1 Å². The summed E-state index contributed by atoms with van der Waals surface area (Å²) in [4.78, 5) is 18.5. The van der Waals surface area contributed by atoms with Crippen molar-refractivity contribution in [3.05, 3.63) is 30.1 Å². The fourth-order valence-corrected chi connectivity index (χ4v) is 2.47. The van der Waals surface area contributed by atoms with Gasteiger partial charge < -0.3 is 14.8 Å². The van der Waals surface area contributed by atoms with Crippen molar-refractivity contribution < 1.29 is 4.79 Å². The molecular formula is C17H26N4O. The van der Waals surface area contributed by atoms with Gasteiger partial charge in [0.25, 0.3) is 0 Å². The standard InChI is InChI=1S/C17H26N4O/c1-13(2)21-12-19-15-10-14(6-7-16(15)21)11-17(22)18-8-5-9-20(3)4/h6-7,10,12-13H,5,8-9,11H2,1-4H3,(H,18,22). The highest BCUT2D eigenvalue weighted by molar-refractivity contribution is 5.81. The molecule has 2 rings (SSSR count). The van der Waals surface area contributed by atoms with Crippen molar-refractivity contribution in [1.29, 1.82) is 0 Å². The van der Waals surface area contributed by atoms with E-state index in [1.165, 1.54) is 0 Å². The monoisotopic (exact) mass is 302 g/mol. The van der Waals surface area contributed by atoms with Crippen molar-refractivity contribution in [2.75, 3.05) is 27.2 Å². The summed E-state index contributed by atoms with van der Waals surface area (Å²) in [6, 6.07) is 6.46. The smallest absolute Gasteiger partial charge is 0.224 e. The zero-order valence-electron chi connectivity index (χ0n) is 14.0. The fourth-order valence-electron chi connectivity index (χ4n) is 2.47. The summed E-state index contributed by atoms with van der Waals surface area (Å²) in [6.07, 6.45) is 3.24. The van der Waals surface area contributed by atoms with Gasteiger partial charge in [-0.25, -0.2) is 4.98 Å². The maximum atomic E-state index is 12.0. The molecule has 5 heteroatoms. The molecule has 0 spiro atoms. The lowest BCUT2D eigenvalue weighted by atomic mass is 10.1. The summed E-state index contributed by atoms with van der Waals surface area (Å²) in [6.45, 7) is 5.98. The van der Waals surface area contributed by atoms with Crippen molar-refractivity contribution in [1.82, 2.24) is 19.8 Å². The van der Waals surface area contributed by atoms with Gasteiger partial charge >= 0.3 is 0 Å². The first-order valence-electron chi connectivity index (χ1n) is 7.84. The van der Waals surface area contributed by atoms with E-state index in [1.54, 1.807) is 0 Å². The van der Waals surface area contributed by atoms with E-state index < -0.39 is 0 Å². The third-order valence-corrected chi connectivity index (χ3v) is 3.66. The Morgan fingerprint density at radius 3 is 2.82 bits per heavy atom. The molecule has 0 saturated carbocycles. The molecule has 0 bridgehead atoms. The molecule has 2 aromatic rings. The Labute approximate surface area is 132 Å². The lowest BCUT2D eigenvalue weighted by Crippen LogP contribution is -2.28. The van der Waals surface area contributed by atoms with Gasteiger partial charge in [-0.1, -0.05) is 6.07 Å². The van der Waals surface area contributed by atoms with E-state index >= 15 is 0 Å². The van der Waals surface area contributed by atoms with Gasteiger partial charge in [0.05, 0.1) is 23.8 Å². The second kappa shape index (κ2) is 7.40. The number of aromatic nitrogens is 2. The number of rotatable bonds is 7. The SMILES string of the molecule is CC(C)n1cnc2cc(CC(=O)NCCCN(C)C)ccc21. The van der Waals surface area contributed by atoms with Gasteiger partial charge in [-0.05, 0) is 58.6 Å². The minimum Gasteiger partial charge on any atom is -0.356 e. The molecule has 1 heterocycles. The fraction of sp³-hybridized carbons (Fsp3) is 0.529. The van der Waals surface area contributed by atoms with Crippen LogP contribution in [-0.2, 0) is 11.2 Å².